The van der Waals surface area contributed by atoms with Crippen LogP contribution in [0.15, 0.2) is 42.9 Å². The van der Waals surface area contributed by atoms with E-state index in [4.69, 9.17) is 15.5 Å². The number of aromatic nitrogens is 5. The number of nitrogen functional groups attached to an aromatic ring is 1. The molecule has 0 spiro atoms. The molecule has 196 valence electrons. The fourth-order valence-electron chi connectivity index (χ4n) is 5.07. The van der Waals surface area contributed by atoms with Crippen LogP contribution in [0.5, 0.6) is 0 Å². The smallest absolute Gasteiger partial charge is 0.257 e. The summed E-state index contributed by atoms with van der Waals surface area (Å²) in [6, 6.07) is 6.85. The number of carbonyl (C=O) groups is 1. The number of carbonyl (C=O) groups excluding carboxylic acids is 1. The number of amides is 1. The van der Waals surface area contributed by atoms with Gasteiger partial charge in [0.05, 0.1) is 48.2 Å². The SMILES string of the molecule is CCN(Cc1cn2cc(CN3CCOCC3)ccc2n1)C(=O)c1cc2c(cc1F)nc(N)c1cnc(C)n12. The Labute approximate surface area is 218 Å². The lowest BCUT2D eigenvalue weighted by Crippen LogP contribution is -2.35. The average Bonchev–Trinajstić information content (AvgIpc) is 3.50. The summed E-state index contributed by atoms with van der Waals surface area (Å²) in [6.07, 6.45) is 5.62. The number of anilines is 1. The maximum absolute atomic E-state index is 15.2. The molecule has 6 rings (SSSR count). The van der Waals surface area contributed by atoms with Gasteiger partial charge < -0.3 is 19.8 Å². The normalized spacial score (nSPS) is 14.6. The van der Waals surface area contributed by atoms with E-state index in [-0.39, 0.29) is 17.9 Å². The molecule has 1 saturated heterocycles. The van der Waals surface area contributed by atoms with Crippen molar-refractivity contribution in [2.45, 2.75) is 26.9 Å². The van der Waals surface area contributed by atoms with Crippen molar-refractivity contribution < 1.29 is 13.9 Å². The van der Waals surface area contributed by atoms with Crippen LogP contribution in [0.4, 0.5) is 10.2 Å². The molecular formula is C27H29FN8O2. The van der Waals surface area contributed by atoms with Crippen molar-refractivity contribution in [2.75, 3.05) is 38.6 Å². The molecule has 0 radical (unpaired) electrons. The number of rotatable bonds is 6. The molecule has 1 amide bonds. The Balaban J connectivity index is 1.27. The fourth-order valence-corrected chi connectivity index (χ4v) is 5.07. The summed E-state index contributed by atoms with van der Waals surface area (Å²) in [4.78, 5) is 30.8. The van der Waals surface area contributed by atoms with Crippen molar-refractivity contribution in [3.8, 4) is 0 Å². The van der Waals surface area contributed by atoms with Crippen LogP contribution < -0.4 is 5.73 Å². The highest BCUT2D eigenvalue weighted by Crippen LogP contribution is 2.25. The monoisotopic (exact) mass is 516 g/mol. The van der Waals surface area contributed by atoms with Gasteiger partial charge in [0.1, 0.15) is 28.6 Å². The number of hydrogen-bond acceptors (Lipinski definition) is 7. The summed E-state index contributed by atoms with van der Waals surface area (Å²) in [6.45, 7) is 8.54. The maximum Gasteiger partial charge on any atom is 0.257 e. The standard InChI is InChI=1S/C27H29FN8O2/c1-3-34(15-19-16-35-14-18(4-5-25(35)31-19)13-33-6-8-38-9-7-33)27(37)20-10-23-22(11-21(20)28)32-26(29)24-12-30-17(2)36(23)24/h4-5,10-12,14,16H,3,6-9,13,15H2,1-2H3,(H2,29,32). The molecule has 0 saturated carbocycles. The second kappa shape index (κ2) is 9.66. The number of pyridine rings is 1. The predicted octanol–water partition coefficient (Wildman–Crippen LogP) is 3.05. The van der Waals surface area contributed by atoms with Gasteiger partial charge in [0.2, 0.25) is 0 Å². The largest absolute Gasteiger partial charge is 0.382 e. The number of morpholine rings is 1. The number of ether oxygens (including phenoxy) is 1. The van der Waals surface area contributed by atoms with Crippen LogP contribution in [0.2, 0.25) is 0 Å². The van der Waals surface area contributed by atoms with Gasteiger partial charge in [-0.3, -0.25) is 14.1 Å². The van der Waals surface area contributed by atoms with Gasteiger partial charge in [0.25, 0.3) is 5.91 Å². The lowest BCUT2D eigenvalue weighted by molar-refractivity contribution is 0.0341. The molecule has 4 aromatic heterocycles. The summed E-state index contributed by atoms with van der Waals surface area (Å²) in [5.74, 6) is -0.131. The molecule has 0 atom stereocenters. The number of nitrogens with zero attached hydrogens (tertiary/aromatic N) is 7. The Hall–Kier alpha value is -4.09. The highest BCUT2D eigenvalue weighted by Gasteiger charge is 2.22. The number of hydrogen-bond donors (Lipinski definition) is 1. The molecule has 1 aliphatic rings. The molecule has 1 aromatic carbocycles. The van der Waals surface area contributed by atoms with Crippen molar-refractivity contribution in [1.29, 1.82) is 0 Å². The molecule has 5 aromatic rings. The number of benzene rings is 1. The highest BCUT2D eigenvalue weighted by molar-refractivity contribution is 5.98. The van der Waals surface area contributed by atoms with Crippen LogP contribution in [0.1, 0.15) is 34.4 Å². The van der Waals surface area contributed by atoms with Crippen LogP contribution in [0.25, 0.3) is 22.2 Å². The minimum absolute atomic E-state index is 0.0307. The van der Waals surface area contributed by atoms with Crippen molar-refractivity contribution in [3.63, 3.8) is 0 Å². The molecule has 2 N–H and O–H groups in total. The third kappa shape index (κ3) is 4.33. The van der Waals surface area contributed by atoms with Crippen LogP contribution in [-0.4, -0.2) is 72.3 Å². The van der Waals surface area contributed by atoms with Crippen LogP contribution in [-0.2, 0) is 17.8 Å². The lowest BCUT2D eigenvalue weighted by Gasteiger charge is -2.26. The predicted molar refractivity (Wildman–Crippen MR) is 141 cm³/mol. The number of halogens is 1. The van der Waals surface area contributed by atoms with Crippen LogP contribution in [0, 0.1) is 12.7 Å². The molecule has 11 heteroatoms. The second-order valence-electron chi connectivity index (χ2n) is 9.59. The van der Waals surface area contributed by atoms with Gasteiger partial charge in [-0.15, -0.1) is 0 Å². The molecule has 1 fully saturated rings. The van der Waals surface area contributed by atoms with E-state index in [1.165, 1.54) is 17.7 Å². The third-order valence-corrected chi connectivity index (χ3v) is 7.07. The highest BCUT2D eigenvalue weighted by atomic mass is 19.1. The molecule has 10 nitrogen and oxygen atoms in total. The van der Waals surface area contributed by atoms with Crippen molar-refractivity contribution >= 4 is 33.9 Å². The van der Waals surface area contributed by atoms with E-state index in [1.54, 1.807) is 15.5 Å². The van der Waals surface area contributed by atoms with E-state index < -0.39 is 11.7 Å². The molecule has 0 unspecified atom stereocenters. The van der Waals surface area contributed by atoms with Crippen LogP contribution >= 0.6 is 0 Å². The summed E-state index contributed by atoms with van der Waals surface area (Å²) in [5.41, 5.74) is 10.3. The topological polar surface area (TPSA) is 106 Å². The fraction of sp³-hybridized carbons (Fsp3) is 0.333. The van der Waals surface area contributed by atoms with Crippen LogP contribution in [0.3, 0.4) is 0 Å². The van der Waals surface area contributed by atoms with E-state index in [2.05, 4.69) is 27.1 Å². The zero-order valence-electron chi connectivity index (χ0n) is 21.4. The first-order valence-corrected chi connectivity index (χ1v) is 12.7. The average molecular weight is 517 g/mol. The lowest BCUT2D eigenvalue weighted by atomic mass is 10.1. The number of fused-ring (bicyclic) bond motifs is 4. The summed E-state index contributed by atoms with van der Waals surface area (Å²) in [7, 11) is 0. The molecular weight excluding hydrogens is 487 g/mol. The number of nitrogens with two attached hydrogens (primary N) is 1. The van der Waals surface area contributed by atoms with Gasteiger partial charge >= 0.3 is 0 Å². The van der Waals surface area contributed by atoms with Gasteiger partial charge in [-0.05, 0) is 31.5 Å². The summed E-state index contributed by atoms with van der Waals surface area (Å²) >= 11 is 0. The summed E-state index contributed by atoms with van der Waals surface area (Å²) < 4.78 is 24.4. The maximum atomic E-state index is 15.2. The Morgan fingerprint density at radius 2 is 1.97 bits per heavy atom. The quantitative estimate of drug-likeness (QED) is 0.370. The second-order valence-corrected chi connectivity index (χ2v) is 9.59. The van der Waals surface area contributed by atoms with Gasteiger partial charge in [0, 0.05) is 44.6 Å². The first-order chi connectivity index (χ1) is 18.4. The molecule has 5 heterocycles. The van der Waals surface area contributed by atoms with E-state index in [0.717, 1.165) is 44.2 Å². The minimum Gasteiger partial charge on any atom is -0.382 e. The van der Waals surface area contributed by atoms with Gasteiger partial charge in [-0.2, -0.15) is 0 Å². The number of imidazole rings is 2. The Morgan fingerprint density at radius 3 is 2.76 bits per heavy atom. The van der Waals surface area contributed by atoms with Gasteiger partial charge in [-0.1, -0.05) is 6.07 Å². The first-order valence-electron chi connectivity index (χ1n) is 12.7. The van der Waals surface area contributed by atoms with Gasteiger partial charge in [0.15, 0.2) is 0 Å². The van der Waals surface area contributed by atoms with E-state index in [0.29, 0.717) is 28.9 Å². The van der Waals surface area contributed by atoms with Crippen molar-refractivity contribution in [1.82, 2.24) is 33.6 Å². The molecule has 38 heavy (non-hydrogen) atoms. The molecule has 0 aliphatic carbocycles. The molecule has 0 bridgehead atoms. The molecule has 1 aliphatic heterocycles. The van der Waals surface area contributed by atoms with Crippen molar-refractivity contribution in [2.24, 2.45) is 0 Å². The minimum atomic E-state index is -0.646. The third-order valence-electron chi connectivity index (χ3n) is 7.07. The number of aryl methyl sites for hydroxylation is 1. The van der Waals surface area contributed by atoms with E-state index in [9.17, 15) is 4.79 Å². The zero-order chi connectivity index (χ0) is 26.4. The first kappa shape index (κ1) is 24.3. The Bertz CT molecular complexity index is 1670. The Kier molecular flexibility index (Phi) is 6.16. The summed E-state index contributed by atoms with van der Waals surface area (Å²) in [5, 5.41) is 0. The van der Waals surface area contributed by atoms with E-state index >= 15 is 4.39 Å². The van der Waals surface area contributed by atoms with Gasteiger partial charge in [-0.25, -0.2) is 19.3 Å². The zero-order valence-corrected chi connectivity index (χ0v) is 21.4. The van der Waals surface area contributed by atoms with Crippen molar-refractivity contribution in [3.05, 3.63) is 71.3 Å². The van der Waals surface area contributed by atoms with E-state index in [1.807, 2.05) is 30.5 Å². The Morgan fingerprint density at radius 1 is 1.16 bits per heavy atom.